The lowest BCUT2D eigenvalue weighted by Gasteiger charge is -2.08. The van der Waals surface area contributed by atoms with E-state index in [1.807, 2.05) is 5.38 Å². The van der Waals surface area contributed by atoms with Crippen LogP contribution in [0.3, 0.4) is 0 Å². The number of amides is 1. The molecule has 4 rings (SSSR count). The monoisotopic (exact) mass is 382 g/mol. The van der Waals surface area contributed by atoms with E-state index in [1.54, 1.807) is 11.3 Å². The number of hydrogen-bond donors (Lipinski definition) is 1. The molecule has 1 N–H and O–H groups in total. The Morgan fingerprint density at radius 2 is 2.00 bits per heavy atom. The van der Waals surface area contributed by atoms with Crippen LogP contribution in [-0.4, -0.2) is 10.9 Å². The molecule has 0 atom stereocenters. The van der Waals surface area contributed by atoms with Crippen molar-refractivity contribution in [2.24, 2.45) is 0 Å². The molecular weight excluding hydrogens is 360 g/mol. The van der Waals surface area contributed by atoms with Gasteiger partial charge < -0.3 is 0 Å². The number of carbonyl (C=O) groups excluding carboxylic acids is 1. The molecule has 0 unspecified atom stereocenters. The lowest BCUT2D eigenvalue weighted by Crippen LogP contribution is -2.09. The predicted octanol–water partition coefficient (Wildman–Crippen LogP) is 5.96. The Balaban J connectivity index is 1.46. The van der Waals surface area contributed by atoms with Gasteiger partial charge in [-0.25, -0.2) is 4.98 Å². The molecule has 0 spiro atoms. The maximum atomic E-state index is 12.6. The van der Waals surface area contributed by atoms with E-state index < -0.39 is 0 Å². The first-order valence-corrected chi connectivity index (χ1v) is 10.9. The van der Waals surface area contributed by atoms with E-state index in [4.69, 9.17) is 0 Å². The Bertz CT molecular complexity index is 885. The number of rotatable bonds is 5. The highest BCUT2D eigenvalue weighted by molar-refractivity contribution is 7.15. The Hall–Kier alpha value is -1.98. The van der Waals surface area contributed by atoms with Gasteiger partial charge in [-0.3, -0.25) is 10.1 Å². The number of anilines is 1. The zero-order valence-electron chi connectivity index (χ0n) is 14.9. The third-order valence-corrected chi connectivity index (χ3v) is 6.73. The van der Waals surface area contributed by atoms with Crippen LogP contribution < -0.4 is 5.32 Å². The molecule has 3 aromatic rings. The summed E-state index contributed by atoms with van der Waals surface area (Å²) < 4.78 is 0. The average molecular weight is 383 g/mol. The lowest BCUT2D eigenvalue weighted by atomic mass is 9.99. The fraction of sp³-hybridized carbons (Fsp3) is 0.333. The quantitative estimate of drug-likeness (QED) is 0.592. The fourth-order valence-corrected chi connectivity index (χ4v) is 5.22. The van der Waals surface area contributed by atoms with Crippen molar-refractivity contribution in [3.63, 3.8) is 0 Å². The molecule has 1 aliphatic carbocycles. The number of nitrogens with one attached hydrogen (secondary N) is 1. The summed E-state index contributed by atoms with van der Waals surface area (Å²) in [6, 6.07) is 10.6. The number of aryl methyl sites for hydroxylation is 3. The number of thiophene rings is 1. The molecule has 0 saturated heterocycles. The SMILES string of the molecule is CCCc1ccc(-c2csc(NC(=O)c3cc4c(s3)CCCC4)n2)cc1. The van der Waals surface area contributed by atoms with Crippen LogP contribution in [0.15, 0.2) is 35.7 Å². The number of benzene rings is 1. The minimum Gasteiger partial charge on any atom is -0.297 e. The van der Waals surface area contributed by atoms with E-state index in [0.29, 0.717) is 5.13 Å². The van der Waals surface area contributed by atoms with Gasteiger partial charge >= 0.3 is 0 Å². The normalized spacial score (nSPS) is 13.4. The molecule has 3 nitrogen and oxygen atoms in total. The van der Waals surface area contributed by atoms with Crippen molar-refractivity contribution in [1.82, 2.24) is 4.98 Å². The molecule has 0 aliphatic heterocycles. The largest absolute Gasteiger partial charge is 0.297 e. The molecule has 26 heavy (non-hydrogen) atoms. The van der Waals surface area contributed by atoms with Crippen LogP contribution in [0.5, 0.6) is 0 Å². The minimum absolute atomic E-state index is 0.0383. The van der Waals surface area contributed by atoms with Crippen molar-refractivity contribution in [3.05, 3.63) is 56.6 Å². The molecular formula is C21H22N2OS2. The number of aromatic nitrogens is 1. The van der Waals surface area contributed by atoms with Crippen LogP contribution in [0.1, 0.15) is 51.9 Å². The second kappa shape index (κ2) is 7.72. The third-order valence-electron chi connectivity index (χ3n) is 4.73. The number of fused-ring (bicyclic) bond motifs is 1. The molecule has 0 fully saturated rings. The van der Waals surface area contributed by atoms with E-state index >= 15 is 0 Å². The fourth-order valence-electron chi connectivity index (χ4n) is 3.36. The number of thiazole rings is 1. The van der Waals surface area contributed by atoms with Crippen LogP contribution >= 0.6 is 22.7 Å². The summed E-state index contributed by atoms with van der Waals surface area (Å²) in [6.07, 6.45) is 6.94. The summed E-state index contributed by atoms with van der Waals surface area (Å²) in [5.41, 5.74) is 4.71. The van der Waals surface area contributed by atoms with E-state index in [9.17, 15) is 4.79 Å². The number of hydrogen-bond acceptors (Lipinski definition) is 4. The standard InChI is InChI=1S/C21H22N2OS2/c1-2-5-14-8-10-15(11-9-14)17-13-25-21(22-17)23-20(24)19-12-16-6-3-4-7-18(16)26-19/h8-13H,2-7H2,1H3,(H,22,23,24). The summed E-state index contributed by atoms with van der Waals surface area (Å²) >= 11 is 3.12. The van der Waals surface area contributed by atoms with Gasteiger partial charge in [0.05, 0.1) is 10.6 Å². The van der Waals surface area contributed by atoms with E-state index in [1.165, 1.54) is 40.2 Å². The van der Waals surface area contributed by atoms with Gasteiger partial charge in [0.15, 0.2) is 5.13 Å². The molecule has 0 saturated carbocycles. The Morgan fingerprint density at radius 1 is 1.19 bits per heavy atom. The summed E-state index contributed by atoms with van der Waals surface area (Å²) in [6.45, 7) is 2.19. The highest BCUT2D eigenvalue weighted by atomic mass is 32.1. The summed E-state index contributed by atoms with van der Waals surface area (Å²) in [5.74, 6) is -0.0383. The van der Waals surface area contributed by atoms with Gasteiger partial charge in [-0.15, -0.1) is 22.7 Å². The maximum absolute atomic E-state index is 12.6. The van der Waals surface area contributed by atoms with Gasteiger partial charge in [-0.2, -0.15) is 0 Å². The van der Waals surface area contributed by atoms with E-state index in [2.05, 4.69) is 47.6 Å². The van der Waals surface area contributed by atoms with Gasteiger partial charge in [0, 0.05) is 15.8 Å². The van der Waals surface area contributed by atoms with Gasteiger partial charge in [0.2, 0.25) is 0 Å². The first kappa shape index (κ1) is 17.4. The van der Waals surface area contributed by atoms with Crippen molar-refractivity contribution < 1.29 is 4.79 Å². The average Bonchev–Trinajstić information content (AvgIpc) is 3.29. The lowest BCUT2D eigenvalue weighted by molar-refractivity contribution is 0.103. The van der Waals surface area contributed by atoms with E-state index in [0.717, 1.165) is 41.8 Å². The highest BCUT2D eigenvalue weighted by Crippen LogP contribution is 2.31. The van der Waals surface area contributed by atoms with Crippen molar-refractivity contribution >= 4 is 33.7 Å². The van der Waals surface area contributed by atoms with Crippen molar-refractivity contribution in [1.29, 1.82) is 0 Å². The smallest absolute Gasteiger partial charge is 0.267 e. The zero-order chi connectivity index (χ0) is 17.9. The molecule has 0 radical (unpaired) electrons. The molecule has 1 aliphatic rings. The van der Waals surface area contributed by atoms with Crippen molar-refractivity contribution in [2.45, 2.75) is 45.4 Å². The molecule has 0 bridgehead atoms. The first-order valence-electron chi connectivity index (χ1n) is 9.20. The molecule has 2 aromatic heterocycles. The van der Waals surface area contributed by atoms with Crippen molar-refractivity contribution in [3.8, 4) is 11.3 Å². The van der Waals surface area contributed by atoms with Crippen LogP contribution in [-0.2, 0) is 19.3 Å². The summed E-state index contributed by atoms with van der Waals surface area (Å²) in [5, 5.41) is 5.63. The minimum atomic E-state index is -0.0383. The summed E-state index contributed by atoms with van der Waals surface area (Å²) in [4.78, 5) is 19.3. The van der Waals surface area contributed by atoms with Gasteiger partial charge in [-0.05, 0) is 49.3 Å². The summed E-state index contributed by atoms with van der Waals surface area (Å²) in [7, 11) is 0. The molecule has 134 valence electrons. The Morgan fingerprint density at radius 3 is 2.77 bits per heavy atom. The third kappa shape index (κ3) is 3.74. The molecule has 1 aromatic carbocycles. The first-order chi connectivity index (χ1) is 12.7. The van der Waals surface area contributed by atoms with Gasteiger partial charge in [-0.1, -0.05) is 37.6 Å². The molecule has 5 heteroatoms. The zero-order valence-corrected chi connectivity index (χ0v) is 16.5. The maximum Gasteiger partial charge on any atom is 0.267 e. The highest BCUT2D eigenvalue weighted by Gasteiger charge is 2.18. The topological polar surface area (TPSA) is 42.0 Å². The Kier molecular flexibility index (Phi) is 5.18. The molecule has 2 heterocycles. The van der Waals surface area contributed by atoms with Crippen LogP contribution in [0, 0.1) is 0 Å². The number of carbonyl (C=O) groups is 1. The van der Waals surface area contributed by atoms with Gasteiger partial charge in [0.1, 0.15) is 0 Å². The predicted molar refractivity (Wildman–Crippen MR) is 110 cm³/mol. The molecule has 1 amide bonds. The van der Waals surface area contributed by atoms with Crippen LogP contribution in [0.2, 0.25) is 0 Å². The second-order valence-electron chi connectivity index (χ2n) is 6.71. The van der Waals surface area contributed by atoms with Crippen LogP contribution in [0.25, 0.3) is 11.3 Å². The Labute approximate surface area is 162 Å². The van der Waals surface area contributed by atoms with E-state index in [-0.39, 0.29) is 5.91 Å². The van der Waals surface area contributed by atoms with Gasteiger partial charge in [0.25, 0.3) is 5.91 Å². The number of nitrogens with zero attached hydrogens (tertiary/aromatic N) is 1. The van der Waals surface area contributed by atoms with Crippen molar-refractivity contribution in [2.75, 3.05) is 5.32 Å². The second-order valence-corrected chi connectivity index (χ2v) is 8.70. The van der Waals surface area contributed by atoms with Crippen LogP contribution in [0.4, 0.5) is 5.13 Å².